The van der Waals surface area contributed by atoms with Gasteiger partial charge in [0.2, 0.25) is 12.7 Å². The van der Waals surface area contributed by atoms with Gasteiger partial charge in [-0.15, -0.1) is 0 Å². The molecule has 0 amide bonds. The Labute approximate surface area is 222 Å². The van der Waals surface area contributed by atoms with E-state index < -0.39 is 0 Å². The summed E-state index contributed by atoms with van der Waals surface area (Å²) in [7, 11) is 0. The second-order valence-electron chi connectivity index (χ2n) is 10.8. The number of hydrogen-bond acceptors (Lipinski definition) is 0. The standard InChI is InChI=1S/C32H56N4/c1-4-6-7-8-9-10-11-12-13-14-15-16-17-19-23-35-28-29-36(31-35)25-22-32(3)21-18-20-24-34-27-26-33(5-2)30-34/h5,22,25-32H,2,4,6-21,23-24H2,1,3H3/q+2. The van der Waals surface area contributed by atoms with E-state index in [1.54, 1.807) is 0 Å². The summed E-state index contributed by atoms with van der Waals surface area (Å²) in [6, 6.07) is 0. The van der Waals surface area contributed by atoms with E-state index in [1.165, 1.54) is 109 Å². The quantitative estimate of drug-likeness (QED) is 0.108. The smallest absolute Gasteiger partial charge is 0.236 e. The van der Waals surface area contributed by atoms with Crippen molar-refractivity contribution in [2.24, 2.45) is 5.92 Å². The molecule has 2 aromatic rings. The molecule has 0 aliphatic heterocycles. The normalized spacial score (nSPS) is 12.5. The molecule has 2 heterocycles. The summed E-state index contributed by atoms with van der Waals surface area (Å²) < 4.78 is 8.77. The largest absolute Gasteiger partial charge is 0.248 e. The van der Waals surface area contributed by atoms with Crippen LogP contribution in [0.3, 0.4) is 0 Å². The van der Waals surface area contributed by atoms with Crippen LogP contribution in [-0.2, 0) is 13.1 Å². The molecular weight excluding hydrogens is 440 g/mol. The minimum absolute atomic E-state index is 0.606. The Morgan fingerprint density at radius 1 is 0.667 bits per heavy atom. The van der Waals surface area contributed by atoms with Gasteiger partial charge in [-0.1, -0.05) is 97.5 Å². The molecule has 0 aliphatic carbocycles. The highest BCUT2D eigenvalue weighted by molar-refractivity contribution is 5.21. The van der Waals surface area contributed by atoms with Crippen molar-refractivity contribution in [3.8, 4) is 0 Å². The highest BCUT2D eigenvalue weighted by atomic mass is 15.1. The van der Waals surface area contributed by atoms with Crippen LogP contribution in [-0.4, -0.2) is 9.13 Å². The van der Waals surface area contributed by atoms with Gasteiger partial charge in [-0.05, 0) is 44.1 Å². The molecule has 0 radical (unpaired) electrons. The Morgan fingerprint density at radius 3 is 1.67 bits per heavy atom. The first-order chi connectivity index (χ1) is 17.7. The van der Waals surface area contributed by atoms with Gasteiger partial charge < -0.3 is 0 Å². The topological polar surface area (TPSA) is 17.6 Å². The van der Waals surface area contributed by atoms with E-state index in [-0.39, 0.29) is 0 Å². The number of nitrogens with zero attached hydrogens (tertiary/aromatic N) is 4. The van der Waals surface area contributed by atoms with Crippen molar-refractivity contribution in [2.75, 3.05) is 0 Å². The third-order valence-corrected chi connectivity index (χ3v) is 7.32. The minimum Gasteiger partial charge on any atom is -0.236 e. The lowest BCUT2D eigenvalue weighted by Gasteiger charge is -2.04. The Bertz CT molecular complexity index is 816. The minimum atomic E-state index is 0.606. The molecule has 36 heavy (non-hydrogen) atoms. The molecule has 0 bridgehead atoms. The number of unbranched alkanes of at least 4 members (excludes halogenated alkanes) is 14. The van der Waals surface area contributed by atoms with Gasteiger partial charge in [-0.25, -0.2) is 18.3 Å². The second-order valence-corrected chi connectivity index (χ2v) is 10.8. The molecule has 4 nitrogen and oxygen atoms in total. The van der Waals surface area contributed by atoms with Crippen LogP contribution in [0.2, 0.25) is 0 Å². The maximum Gasteiger partial charge on any atom is 0.248 e. The Morgan fingerprint density at radius 2 is 1.14 bits per heavy atom. The molecule has 0 saturated heterocycles. The average molecular weight is 497 g/mol. The molecule has 4 heteroatoms. The van der Waals surface area contributed by atoms with E-state index in [9.17, 15) is 0 Å². The van der Waals surface area contributed by atoms with Gasteiger partial charge >= 0.3 is 0 Å². The third kappa shape index (κ3) is 14.5. The van der Waals surface area contributed by atoms with Gasteiger partial charge in [-0.3, -0.25) is 0 Å². The Kier molecular flexibility index (Phi) is 16.7. The molecule has 2 rings (SSSR count). The zero-order valence-corrected chi connectivity index (χ0v) is 23.7. The first-order valence-electron chi connectivity index (χ1n) is 15.1. The van der Waals surface area contributed by atoms with Crippen LogP contribution in [0.4, 0.5) is 0 Å². The van der Waals surface area contributed by atoms with Gasteiger partial charge in [-0.2, -0.15) is 0 Å². The first kappa shape index (κ1) is 30.1. The lowest BCUT2D eigenvalue weighted by atomic mass is 10.0. The SMILES string of the molecule is C=Cn1cc[n+](CCCCC(C)C=Cn2cc[n+](CCCCCCCCCCCCCCCC)c2)c1. The number of hydrogen-bond donors (Lipinski definition) is 0. The lowest BCUT2D eigenvalue weighted by molar-refractivity contribution is -0.696. The molecule has 202 valence electrons. The van der Waals surface area contributed by atoms with E-state index in [4.69, 9.17) is 0 Å². The van der Waals surface area contributed by atoms with E-state index >= 15 is 0 Å². The van der Waals surface area contributed by atoms with Crippen molar-refractivity contribution in [3.05, 3.63) is 50.1 Å². The molecule has 1 unspecified atom stereocenters. The predicted molar refractivity (Wildman–Crippen MR) is 154 cm³/mol. The number of allylic oxidation sites excluding steroid dienone is 1. The molecule has 0 fully saturated rings. The first-order valence-corrected chi connectivity index (χ1v) is 15.1. The average Bonchev–Trinajstić information content (AvgIpc) is 3.55. The molecule has 0 N–H and O–H groups in total. The molecule has 0 spiro atoms. The highest BCUT2D eigenvalue weighted by Gasteiger charge is 2.04. The summed E-state index contributed by atoms with van der Waals surface area (Å²) >= 11 is 0. The number of imidazole rings is 2. The van der Waals surface area contributed by atoms with Crippen LogP contribution in [0.1, 0.15) is 123 Å². The second kappa shape index (κ2) is 20.0. The van der Waals surface area contributed by atoms with Crippen molar-refractivity contribution in [1.82, 2.24) is 9.13 Å². The van der Waals surface area contributed by atoms with Gasteiger partial charge in [0.25, 0.3) is 0 Å². The molecule has 0 aliphatic rings. The molecule has 0 saturated carbocycles. The van der Waals surface area contributed by atoms with Crippen LogP contribution in [0.25, 0.3) is 12.4 Å². The van der Waals surface area contributed by atoms with Gasteiger partial charge in [0.15, 0.2) is 0 Å². The fourth-order valence-corrected chi connectivity index (χ4v) is 4.87. The fourth-order valence-electron chi connectivity index (χ4n) is 4.87. The van der Waals surface area contributed by atoms with E-state index in [0.29, 0.717) is 5.92 Å². The van der Waals surface area contributed by atoms with E-state index in [1.807, 2.05) is 17.0 Å². The van der Waals surface area contributed by atoms with Gasteiger partial charge in [0.1, 0.15) is 24.8 Å². The molecule has 1 atom stereocenters. The van der Waals surface area contributed by atoms with Gasteiger partial charge in [0, 0.05) is 0 Å². The van der Waals surface area contributed by atoms with Crippen molar-refractivity contribution < 1.29 is 9.13 Å². The maximum atomic E-state index is 3.79. The van der Waals surface area contributed by atoms with Crippen LogP contribution in [0.5, 0.6) is 0 Å². The molecule has 2 aromatic heterocycles. The zero-order valence-electron chi connectivity index (χ0n) is 23.7. The zero-order chi connectivity index (χ0) is 25.7. The summed E-state index contributed by atoms with van der Waals surface area (Å²) in [4.78, 5) is 0. The Hall–Kier alpha value is -2.10. The van der Waals surface area contributed by atoms with Gasteiger partial charge in [0.05, 0.1) is 25.5 Å². The summed E-state index contributed by atoms with van der Waals surface area (Å²) in [6.07, 6.45) is 42.8. The van der Waals surface area contributed by atoms with Crippen molar-refractivity contribution >= 4 is 12.4 Å². The third-order valence-electron chi connectivity index (χ3n) is 7.32. The van der Waals surface area contributed by atoms with E-state index in [0.717, 1.165) is 13.1 Å². The van der Waals surface area contributed by atoms with Crippen molar-refractivity contribution in [1.29, 1.82) is 0 Å². The van der Waals surface area contributed by atoms with Crippen LogP contribution in [0, 0.1) is 5.92 Å². The highest BCUT2D eigenvalue weighted by Crippen LogP contribution is 2.13. The predicted octanol–water partition coefficient (Wildman–Crippen LogP) is 8.42. The summed E-state index contributed by atoms with van der Waals surface area (Å²) in [5.41, 5.74) is 0. The maximum absolute atomic E-state index is 3.79. The van der Waals surface area contributed by atoms with Crippen LogP contribution >= 0.6 is 0 Å². The summed E-state index contributed by atoms with van der Waals surface area (Å²) in [5, 5.41) is 0. The van der Waals surface area contributed by atoms with E-state index in [2.05, 4.69) is 77.6 Å². The monoisotopic (exact) mass is 496 g/mol. The number of aryl methyl sites for hydroxylation is 2. The molecule has 0 aromatic carbocycles. The van der Waals surface area contributed by atoms with Crippen LogP contribution in [0.15, 0.2) is 50.1 Å². The van der Waals surface area contributed by atoms with Crippen LogP contribution < -0.4 is 9.13 Å². The number of aromatic nitrogens is 4. The number of rotatable bonds is 23. The molecular formula is C32H56N4+2. The van der Waals surface area contributed by atoms with Crippen molar-refractivity contribution in [3.63, 3.8) is 0 Å². The summed E-state index contributed by atoms with van der Waals surface area (Å²) in [6.45, 7) is 10.6. The summed E-state index contributed by atoms with van der Waals surface area (Å²) in [5.74, 6) is 0.606. The van der Waals surface area contributed by atoms with Crippen molar-refractivity contribution in [2.45, 2.75) is 136 Å². The fraction of sp³-hybridized carbons (Fsp3) is 0.688. The lowest BCUT2D eigenvalue weighted by Crippen LogP contribution is -2.30. The Balaban J connectivity index is 1.43.